The molecular weight excluding hydrogens is 248 g/mol. The number of carbonyl (C=O) groups excluding carboxylic acids is 1. The van der Waals surface area contributed by atoms with Gasteiger partial charge in [-0.05, 0) is 24.8 Å². The largest absolute Gasteiger partial charge is 0.494 e. The van der Waals surface area contributed by atoms with Crippen molar-refractivity contribution in [3.63, 3.8) is 0 Å². The minimum absolute atomic E-state index is 0.119. The van der Waals surface area contributed by atoms with Gasteiger partial charge in [-0.15, -0.1) is 0 Å². The first-order valence-electron chi connectivity index (χ1n) is 5.91. The highest BCUT2D eigenvalue weighted by Crippen LogP contribution is 2.25. The molecule has 0 aliphatic rings. The molecule has 0 aromatic heterocycles. The van der Waals surface area contributed by atoms with Crippen LogP contribution in [0.15, 0.2) is 18.2 Å². The van der Waals surface area contributed by atoms with Crippen molar-refractivity contribution in [2.45, 2.75) is 19.9 Å². The highest BCUT2D eigenvalue weighted by Gasteiger charge is 2.16. The van der Waals surface area contributed by atoms with Crippen LogP contribution in [0, 0.1) is 0 Å². The van der Waals surface area contributed by atoms with Gasteiger partial charge in [-0.3, -0.25) is 4.79 Å². The Labute approximate surface area is 112 Å². The van der Waals surface area contributed by atoms with Gasteiger partial charge < -0.3 is 15.8 Å². The van der Waals surface area contributed by atoms with Crippen molar-refractivity contribution in [2.24, 2.45) is 0 Å². The van der Waals surface area contributed by atoms with Crippen molar-refractivity contribution < 1.29 is 9.53 Å². The van der Waals surface area contributed by atoms with Gasteiger partial charge in [0.1, 0.15) is 0 Å². The summed E-state index contributed by atoms with van der Waals surface area (Å²) in [5.74, 6) is 2.23. The molecular formula is C13H20N2O2S. The summed E-state index contributed by atoms with van der Waals surface area (Å²) in [6, 6.07) is 5.29. The predicted octanol–water partition coefficient (Wildman–Crippen LogP) is 2.15. The van der Waals surface area contributed by atoms with Crippen LogP contribution in [0.2, 0.25) is 0 Å². The van der Waals surface area contributed by atoms with Gasteiger partial charge in [0, 0.05) is 11.8 Å². The summed E-state index contributed by atoms with van der Waals surface area (Å²) in [5, 5.41) is 2.94. The minimum atomic E-state index is -0.150. The Morgan fingerprint density at radius 3 is 2.89 bits per heavy atom. The molecule has 18 heavy (non-hydrogen) atoms. The lowest BCUT2D eigenvalue weighted by molar-refractivity contribution is 0.0941. The molecule has 3 N–H and O–H groups in total. The summed E-state index contributed by atoms with van der Waals surface area (Å²) in [4.78, 5) is 12.1. The van der Waals surface area contributed by atoms with E-state index in [1.54, 1.807) is 30.0 Å². The van der Waals surface area contributed by atoms with E-state index in [1.807, 2.05) is 6.92 Å². The molecule has 0 saturated heterocycles. The topological polar surface area (TPSA) is 64.4 Å². The molecule has 1 atom stereocenters. The van der Waals surface area contributed by atoms with Gasteiger partial charge in [-0.25, -0.2) is 0 Å². The Kier molecular flexibility index (Phi) is 5.85. The van der Waals surface area contributed by atoms with E-state index >= 15 is 0 Å². The Hall–Kier alpha value is -1.36. The molecule has 1 aromatic carbocycles. The highest BCUT2D eigenvalue weighted by molar-refractivity contribution is 7.99. The van der Waals surface area contributed by atoms with Crippen LogP contribution in [0.4, 0.5) is 5.69 Å². The molecule has 0 heterocycles. The van der Waals surface area contributed by atoms with Crippen molar-refractivity contribution >= 4 is 23.4 Å². The second-order valence-electron chi connectivity index (χ2n) is 3.96. The molecule has 1 amide bonds. The number of para-hydroxylation sites is 1. The molecule has 0 spiro atoms. The summed E-state index contributed by atoms with van der Waals surface area (Å²) in [6.07, 6.45) is 0. The lowest BCUT2D eigenvalue weighted by Crippen LogP contribution is -2.34. The third kappa shape index (κ3) is 3.84. The predicted molar refractivity (Wildman–Crippen MR) is 77.3 cm³/mol. The normalized spacial score (nSPS) is 11.9. The molecule has 0 aliphatic heterocycles. The number of nitrogens with one attached hydrogen (secondary N) is 1. The van der Waals surface area contributed by atoms with Crippen LogP contribution in [0.25, 0.3) is 0 Å². The number of carbonyl (C=O) groups is 1. The zero-order chi connectivity index (χ0) is 13.5. The Balaban J connectivity index is 2.75. The van der Waals surface area contributed by atoms with E-state index in [1.165, 1.54) is 7.11 Å². The Morgan fingerprint density at radius 2 is 2.28 bits per heavy atom. The number of ether oxygens (including phenoxy) is 1. The third-order valence-corrected chi connectivity index (χ3v) is 3.59. The minimum Gasteiger partial charge on any atom is -0.494 e. The third-order valence-electron chi connectivity index (χ3n) is 2.44. The standard InChI is InChI=1S/C13H20N2O2S/c1-4-18-8-9(2)15-13(16)10-6-5-7-11(14)12(10)17-3/h5-7,9H,4,8,14H2,1-3H3,(H,15,16). The molecule has 1 rings (SSSR count). The molecule has 1 unspecified atom stereocenters. The fourth-order valence-electron chi connectivity index (χ4n) is 1.60. The van der Waals surface area contributed by atoms with E-state index in [9.17, 15) is 4.79 Å². The fraction of sp³-hybridized carbons (Fsp3) is 0.462. The summed E-state index contributed by atoms with van der Waals surface area (Å²) in [5.41, 5.74) is 6.72. The number of nitrogen functional groups attached to an aromatic ring is 1. The van der Waals surface area contributed by atoms with Gasteiger partial charge in [0.2, 0.25) is 0 Å². The average Bonchev–Trinajstić information content (AvgIpc) is 2.35. The Morgan fingerprint density at radius 1 is 1.56 bits per heavy atom. The van der Waals surface area contributed by atoms with Crippen LogP contribution in [0.1, 0.15) is 24.2 Å². The summed E-state index contributed by atoms with van der Waals surface area (Å²) >= 11 is 1.80. The number of thioether (sulfide) groups is 1. The number of nitrogens with two attached hydrogens (primary N) is 1. The van der Waals surface area contributed by atoms with Crippen LogP contribution in [-0.4, -0.2) is 30.6 Å². The maximum Gasteiger partial charge on any atom is 0.255 e. The lowest BCUT2D eigenvalue weighted by atomic mass is 10.1. The number of amides is 1. The quantitative estimate of drug-likeness (QED) is 0.776. The fourth-order valence-corrected chi connectivity index (χ4v) is 2.27. The van der Waals surface area contributed by atoms with Gasteiger partial charge in [0.05, 0.1) is 18.4 Å². The molecule has 1 aromatic rings. The molecule has 4 nitrogen and oxygen atoms in total. The first-order chi connectivity index (χ1) is 8.60. The van der Waals surface area contributed by atoms with Crippen molar-refractivity contribution in [1.82, 2.24) is 5.32 Å². The molecule has 0 bridgehead atoms. The number of hydrogen-bond donors (Lipinski definition) is 2. The van der Waals surface area contributed by atoms with E-state index in [0.29, 0.717) is 17.0 Å². The van der Waals surface area contributed by atoms with Crippen LogP contribution in [0.3, 0.4) is 0 Å². The number of hydrogen-bond acceptors (Lipinski definition) is 4. The number of rotatable bonds is 6. The zero-order valence-corrected chi connectivity index (χ0v) is 11.8. The first kappa shape index (κ1) is 14.7. The highest BCUT2D eigenvalue weighted by atomic mass is 32.2. The van der Waals surface area contributed by atoms with Crippen LogP contribution in [-0.2, 0) is 0 Å². The van der Waals surface area contributed by atoms with Crippen LogP contribution in [0.5, 0.6) is 5.75 Å². The van der Waals surface area contributed by atoms with Crippen LogP contribution < -0.4 is 15.8 Å². The second-order valence-corrected chi connectivity index (χ2v) is 5.28. The molecule has 5 heteroatoms. The summed E-state index contributed by atoms with van der Waals surface area (Å²) in [6.45, 7) is 4.08. The Bertz CT molecular complexity index is 410. The van der Waals surface area contributed by atoms with Gasteiger partial charge >= 0.3 is 0 Å². The molecule has 0 saturated carbocycles. The molecule has 0 radical (unpaired) electrons. The van der Waals surface area contributed by atoms with E-state index in [4.69, 9.17) is 10.5 Å². The van der Waals surface area contributed by atoms with Crippen molar-refractivity contribution in [2.75, 3.05) is 24.3 Å². The van der Waals surface area contributed by atoms with E-state index in [2.05, 4.69) is 12.2 Å². The molecule has 100 valence electrons. The van der Waals surface area contributed by atoms with E-state index in [-0.39, 0.29) is 11.9 Å². The number of methoxy groups -OCH3 is 1. The molecule has 0 fully saturated rings. The van der Waals surface area contributed by atoms with Crippen molar-refractivity contribution in [3.8, 4) is 5.75 Å². The maximum absolute atomic E-state index is 12.1. The lowest BCUT2D eigenvalue weighted by Gasteiger charge is -2.15. The van der Waals surface area contributed by atoms with Gasteiger partial charge in [0.25, 0.3) is 5.91 Å². The monoisotopic (exact) mass is 268 g/mol. The van der Waals surface area contributed by atoms with Crippen molar-refractivity contribution in [1.29, 1.82) is 0 Å². The van der Waals surface area contributed by atoms with Crippen LogP contribution >= 0.6 is 11.8 Å². The molecule has 0 aliphatic carbocycles. The van der Waals surface area contributed by atoms with Gasteiger partial charge in [0.15, 0.2) is 5.75 Å². The first-order valence-corrected chi connectivity index (χ1v) is 7.06. The second kappa shape index (κ2) is 7.16. The smallest absolute Gasteiger partial charge is 0.255 e. The van der Waals surface area contributed by atoms with Gasteiger partial charge in [-0.1, -0.05) is 13.0 Å². The number of anilines is 1. The number of benzene rings is 1. The summed E-state index contributed by atoms with van der Waals surface area (Å²) in [7, 11) is 1.51. The zero-order valence-electron chi connectivity index (χ0n) is 11.0. The van der Waals surface area contributed by atoms with Gasteiger partial charge in [-0.2, -0.15) is 11.8 Å². The average molecular weight is 268 g/mol. The van der Waals surface area contributed by atoms with E-state index in [0.717, 1.165) is 11.5 Å². The maximum atomic E-state index is 12.1. The summed E-state index contributed by atoms with van der Waals surface area (Å²) < 4.78 is 5.17. The van der Waals surface area contributed by atoms with Crippen molar-refractivity contribution in [3.05, 3.63) is 23.8 Å². The SMILES string of the molecule is CCSCC(C)NC(=O)c1cccc(N)c1OC. The van der Waals surface area contributed by atoms with E-state index < -0.39 is 0 Å².